The standard InChI is InChI=1S/C15H20BBrO3/c1-3-4-5-8-20-12-7-6-11(10-18)13(9-12)14(19-2)15(16)17/h6-7,9-10H,3-5,8,16H2,1-2H3/b15-14+. The molecule has 0 bridgehead atoms. The fourth-order valence-corrected chi connectivity index (χ4v) is 2.28. The molecule has 0 spiro atoms. The Kier molecular flexibility index (Phi) is 7.45. The van der Waals surface area contributed by atoms with Gasteiger partial charge in [0.1, 0.15) is 11.5 Å². The minimum Gasteiger partial charge on any atom is -0.496 e. The minimum absolute atomic E-state index is 0.585. The average molecular weight is 339 g/mol. The fraction of sp³-hybridized carbons (Fsp3) is 0.400. The predicted molar refractivity (Wildman–Crippen MR) is 88.2 cm³/mol. The van der Waals surface area contributed by atoms with E-state index in [1.54, 1.807) is 13.2 Å². The molecule has 0 saturated carbocycles. The van der Waals surface area contributed by atoms with Gasteiger partial charge in [-0.2, -0.15) is 0 Å². The Morgan fingerprint density at radius 2 is 2.15 bits per heavy atom. The number of halogens is 1. The zero-order valence-corrected chi connectivity index (χ0v) is 13.8. The van der Waals surface area contributed by atoms with Crippen molar-refractivity contribution in [2.24, 2.45) is 0 Å². The summed E-state index contributed by atoms with van der Waals surface area (Å²) < 4.78 is 11.9. The van der Waals surface area contributed by atoms with Gasteiger partial charge in [-0.15, -0.1) is 0 Å². The van der Waals surface area contributed by atoms with E-state index in [0.29, 0.717) is 17.9 Å². The highest BCUT2D eigenvalue weighted by molar-refractivity contribution is 9.12. The molecule has 0 N–H and O–H groups in total. The molecule has 0 amide bonds. The molecule has 1 aromatic rings. The number of hydrogen-bond donors (Lipinski definition) is 0. The molecule has 1 aromatic carbocycles. The van der Waals surface area contributed by atoms with Gasteiger partial charge < -0.3 is 9.47 Å². The summed E-state index contributed by atoms with van der Waals surface area (Å²) in [6, 6.07) is 5.42. The Labute approximate surface area is 129 Å². The number of benzene rings is 1. The topological polar surface area (TPSA) is 35.5 Å². The monoisotopic (exact) mass is 338 g/mol. The van der Waals surface area contributed by atoms with Crippen LogP contribution in [0.5, 0.6) is 5.75 Å². The van der Waals surface area contributed by atoms with Crippen molar-refractivity contribution in [3.05, 3.63) is 33.7 Å². The van der Waals surface area contributed by atoms with E-state index in [4.69, 9.17) is 9.47 Å². The van der Waals surface area contributed by atoms with Crippen molar-refractivity contribution in [1.29, 1.82) is 0 Å². The van der Waals surface area contributed by atoms with Gasteiger partial charge in [-0.25, -0.2) is 0 Å². The number of rotatable bonds is 8. The van der Waals surface area contributed by atoms with Crippen molar-refractivity contribution < 1.29 is 14.3 Å². The van der Waals surface area contributed by atoms with Crippen molar-refractivity contribution >= 4 is 35.8 Å². The van der Waals surface area contributed by atoms with Crippen molar-refractivity contribution in [3.63, 3.8) is 0 Å². The Hall–Kier alpha value is -1.23. The van der Waals surface area contributed by atoms with Crippen molar-refractivity contribution in [2.45, 2.75) is 26.2 Å². The number of aldehydes is 1. The third kappa shape index (κ3) is 4.71. The summed E-state index contributed by atoms with van der Waals surface area (Å²) in [5, 5.41) is 0. The lowest BCUT2D eigenvalue weighted by atomic mass is 10.0. The van der Waals surface area contributed by atoms with Crippen LogP contribution in [0.2, 0.25) is 0 Å². The molecule has 0 aliphatic rings. The van der Waals surface area contributed by atoms with E-state index in [1.165, 1.54) is 0 Å². The molecule has 0 fully saturated rings. The van der Waals surface area contributed by atoms with E-state index in [9.17, 15) is 4.79 Å². The molecule has 0 heterocycles. The molecule has 3 nitrogen and oxygen atoms in total. The maximum atomic E-state index is 11.1. The highest BCUT2D eigenvalue weighted by Crippen LogP contribution is 2.27. The third-order valence-electron chi connectivity index (χ3n) is 2.93. The zero-order valence-electron chi connectivity index (χ0n) is 12.2. The molecule has 0 atom stereocenters. The van der Waals surface area contributed by atoms with Gasteiger partial charge in [-0.3, -0.25) is 4.79 Å². The highest BCUT2D eigenvalue weighted by atomic mass is 79.9. The molecule has 0 aliphatic carbocycles. The minimum atomic E-state index is 0.585. The number of carbonyl (C=O) groups is 1. The number of ether oxygens (including phenoxy) is 2. The molecule has 0 aromatic heterocycles. The van der Waals surface area contributed by atoms with Crippen LogP contribution in [-0.4, -0.2) is 27.8 Å². The van der Waals surface area contributed by atoms with Crippen LogP contribution in [0.15, 0.2) is 22.6 Å². The van der Waals surface area contributed by atoms with E-state index < -0.39 is 0 Å². The first-order chi connectivity index (χ1) is 9.63. The van der Waals surface area contributed by atoms with Crippen molar-refractivity contribution in [2.75, 3.05) is 13.7 Å². The van der Waals surface area contributed by atoms with Crippen LogP contribution in [-0.2, 0) is 4.74 Å². The van der Waals surface area contributed by atoms with Gasteiger partial charge in [-0.05, 0) is 29.0 Å². The molecular weight excluding hydrogens is 319 g/mol. The van der Waals surface area contributed by atoms with Crippen LogP contribution in [0, 0.1) is 0 Å². The smallest absolute Gasteiger partial charge is 0.153 e. The average Bonchev–Trinajstić information content (AvgIpc) is 2.44. The summed E-state index contributed by atoms with van der Waals surface area (Å²) in [6.07, 6.45) is 4.18. The maximum Gasteiger partial charge on any atom is 0.153 e. The SMILES string of the molecule is B/C(Br)=C(\OC)c1cc(OCCCCC)ccc1C=O. The Bertz CT molecular complexity index is 482. The maximum absolute atomic E-state index is 11.1. The van der Waals surface area contributed by atoms with Crippen LogP contribution in [0.3, 0.4) is 0 Å². The summed E-state index contributed by atoms with van der Waals surface area (Å²) in [5.74, 6) is 1.40. The number of unbranched alkanes of at least 4 members (excludes halogenated alkanes) is 2. The second-order valence-corrected chi connectivity index (χ2v) is 5.68. The van der Waals surface area contributed by atoms with Crippen LogP contribution < -0.4 is 4.74 Å². The van der Waals surface area contributed by atoms with Gasteiger partial charge in [0, 0.05) is 11.1 Å². The van der Waals surface area contributed by atoms with E-state index >= 15 is 0 Å². The van der Waals surface area contributed by atoms with Gasteiger partial charge in [0.05, 0.1) is 13.7 Å². The molecule has 0 unspecified atom stereocenters. The quantitative estimate of drug-likeness (QED) is 0.315. The first-order valence-corrected chi connectivity index (χ1v) is 7.56. The number of methoxy groups -OCH3 is 1. The third-order valence-corrected chi connectivity index (χ3v) is 3.29. The normalized spacial score (nSPS) is 11.8. The largest absolute Gasteiger partial charge is 0.496 e. The lowest BCUT2D eigenvalue weighted by Crippen LogP contribution is -2.01. The molecule has 0 aliphatic heterocycles. The molecular formula is C15H20BBrO3. The first kappa shape index (κ1) is 16.8. The molecule has 108 valence electrons. The van der Waals surface area contributed by atoms with Gasteiger partial charge >= 0.3 is 0 Å². The summed E-state index contributed by atoms with van der Waals surface area (Å²) >= 11 is 3.40. The molecule has 20 heavy (non-hydrogen) atoms. The van der Waals surface area contributed by atoms with E-state index in [1.807, 2.05) is 20.0 Å². The number of hydrogen-bond acceptors (Lipinski definition) is 3. The molecule has 0 radical (unpaired) electrons. The van der Waals surface area contributed by atoms with E-state index in [0.717, 1.165) is 41.2 Å². The molecule has 1 rings (SSSR count). The summed E-state index contributed by atoms with van der Waals surface area (Å²) in [6.45, 7) is 2.85. The van der Waals surface area contributed by atoms with Crippen LogP contribution >= 0.6 is 15.9 Å². The fourth-order valence-electron chi connectivity index (χ4n) is 1.90. The van der Waals surface area contributed by atoms with Crippen LogP contribution in [0.1, 0.15) is 42.1 Å². The molecule has 5 heteroatoms. The first-order valence-electron chi connectivity index (χ1n) is 6.76. The highest BCUT2D eigenvalue weighted by Gasteiger charge is 2.11. The van der Waals surface area contributed by atoms with Gasteiger partial charge in [-0.1, -0.05) is 35.7 Å². The lowest BCUT2D eigenvalue weighted by molar-refractivity contribution is 0.112. The zero-order chi connectivity index (χ0) is 15.0. The van der Waals surface area contributed by atoms with Gasteiger partial charge in [0.2, 0.25) is 0 Å². The summed E-state index contributed by atoms with van der Waals surface area (Å²) in [7, 11) is 3.46. The Morgan fingerprint density at radius 1 is 1.40 bits per heavy atom. The number of carbonyl (C=O) groups excluding carboxylic acids is 1. The van der Waals surface area contributed by atoms with Crippen LogP contribution in [0.4, 0.5) is 0 Å². The predicted octanol–water partition coefficient (Wildman–Crippen LogP) is 3.37. The summed E-state index contributed by atoms with van der Waals surface area (Å²) in [5.41, 5.74) is 1.33. The van der Waals surface area contributed by atoms with Gasteiger partial charge in [0.25, 0.3) is 0 Å². The molecule has 0 saturated heterocycles. The Balaban J connectivity index is 2.97. The van der Waals surface area contributed by atoms with Crippen molar-refractivity contribution in [3.8, 4) is 5.75 Å². The van der Waals surface area contributed by atoms with Gasteiger partial charge in [0.15, 0.2) is 14.1 Å². The van der Waals surface area contributed by atoms with Crippen molar-refractivity contribution in [1.82, 2.24) is 0 Å². The van der Waals surface area contributed by atoms with E-state index in [2.05, 4.69) is 22.9 Å². The van der Waals surface area contributed by atoms with E-state index in [-0.39, 0.29) is 0 Å². The second kappa shape index (κ2) is 8.85. The second-order valence-electron chi connectivity index (χ2n) is 4.49. The Morgan fingerprint density at radius 3 is 2.70 bits per heavy atom. The lowest BCUT2D eigenvalue weighted by Gasteiger charge is -2.13. The summed E-state index contributed by atoms with van der Waals surface area (Å²) in [4.78, 5) is 11.1. The van der Waals surface area contributed by atoms with Crippen LogP contribution in [0.25, 0.3) is 5.76 Å².